The molecule has 7 nitrogen and oxygen atoms in total. The Morgan fingerprint density at radius 2 is 2.05 bits per heavy atom. The predicted molar refractivity (Wildman–Crippen MR) is 74.3 cm³/mol. The van der Waals surface area contributed by atoms with E-state index in [9.17, 15) is 4.79 Å². The third-order valence-electron chi connectivity index (χ3n) is 3.23. The Morgan fingerprint density at radius 3 is 2.60 bits per heavy atom. The smallest absolute Gasteiger partial charge is 0.224 e. The largest absolute Gasteiger partial charge is 0.352 e. The van der Waals surface area contributed by atoms with E-state index < -0.39 is 0 Å². The van der Waals surface area contributed by atoms with Gasteiger partial charge in [-0.3, -0.25) is 4.79 Å². The number of aromatic nitrogens is 4. The number of amides is 1. The Morgan fingerprint density at radius 1 is 1.35 bits per heavy atom. The molecule has 2 atom stereocenters. The molecule has 0 spiro atoms. The highest BCUT2D eigenvalue weighted by Crippen LogP contribution is 2.13. The third kappa shape index (κ3) is 3.39. The maximum absolute atomic E-state index is 11.8. The van der Waals surface area contributed by atoms with Gasteiger partial charge in [0.25, 0.3) is 0 Å². The molecule has 2 aromatic rings. The van der Waals surface area contributed by atoms with E-state index in [0.717, 1.165) is 11.1 Å². The van der Waals surface area contributed by atoms with Crippen LogP contribution in [-0.4, -0.2) is 32.6 Å². The number of aromatic amines is 1. The second-order valence-corrected chi connectivity index (χ2v) is 4.80. The molecule has 0 fully saturated rings. The summed E-state index contributed by atoms with van der Waals surface area (Å²) in [6.07, 6.45) is 0. The van der Waals surface area contributed by atoms with E-state index in [1.165, 1.54) is 0 Å². The lowest BCUT2D eigenvalue weighted by molar-refractivity contribution is -0.125. The maximum Gasteiger partial charge on any atom is 0.224 e. The molecule has 0 saturated heterocycles. The van der Waals surface area contributed by atoms with Crippen LogP contribution in [0.25, 0.3) is 11.4 Å². The zero-order valence-corrected chi connectivity index (χ0v) is 11.5. The summed E-state index contributed by atoms with van der Waals surface area (Å²) in [5.74, 6) is 0.307. The van der Waals surface area contributed by atoms with Crippen LogP contribution >= 0.6 is 0 Å². The first-order valence-corrected chi connectivity index (χ1v) is 6.44. The summed E-state index contributed by atoms with van der Waals surface area (Å²) in [4.78, 5) is 11.8. The van der Waals surface area contributed by atoms with Crippen molar-refractivity contribution in [1.29, 1.82) is 0 Å². The first-order valence-electron chi connectivity index (χ1n) is 6.44. The van der Waals surface area contributed by atoms with Gasteiger partial charge in [0, 0.05) is 24.1 Å². The molecule has 7 heteroatoms. The summed E-state index contributed by atoms with van der Waals surface area (Å²) < 4.78 is 0. The highest BCUT2D eigenvalue weighted by molar-refractivity contribution is 5.78. The minimum Gasteiger partial charge on any atom is -0.352 e. The minimum atomic E-state index is -0.200. The van der Waals surface area contributed by atoms with Crippen molar-refractivity contribution < 1.29 is 4.79 Å². The number of carbonyl (C=O) groups excluding carboxylic acids is 1. The SMILES string of the molecule is CC(N)C(C)C(=O)NCc1ccc(-c2nn[nH]n2)cc1. The maximum atomic E-state index is 11.8. The van der Waals surface area contributed by atoms with Crippen molar-refractivity contribution in [2.75, 3.05) is 0 Å². The van der Waals surface area contributed by atoms with Gasteiger partial charge in [-0.1, -0.05) is 31.2 Å². The Kier molecular flexibility index (Phi) is 4.41. The zero-order chi connectivity index (χ0) is 14.5. The Bertz CT molecular complexity index is 549. The molecule has 0 aliphatic rings. The lowest BCUT2D eigenvalue weighted by Crippen LogP contribution is -2.38. The Labute approximate surface area is 117 Å². The molecule has 0 saturated carbocycles. The molecule has 0 radical (unpaired) electrons. The van der Waals surface area contributed by atoms with E-state index in [1.807, 2.05) is 38.1 Å². The summed E-state index contributed by atoms with van der Waals surface area (Å²) in [6.45, 7) is 4.12. The van der Waals surface area contributed by atoms with E-state index in [0.29, 0.717) is 12.4 Å². The van der Waals surface area contributed by atoms with Crippen LogP contribution in [0.1, 0.15) is 19.4 Å². The summed E-state index contributed by atoms with van der Waals surface area (Å²) in [7, 11) is 0. The molecule has 4 N–H and O–H groups in total. The first kappa shape index (κ1) is 14.1. The fourth-order valence-electron chi connectivity index (χ4n) is 1.64. The molecule has 0 aliphatic heterocycles. The highest BCUT2D eigenvalue weighted by Gasteiger charge is 2.16. The van der Waals surface area contributed by atoms with Gasteiger partial charge in [-0.05, 0) is 17.7 Å². The van der Waals surface area contributed by atoms with Crippen LogP contribution in [0.5, 0.6) is 0 Å². The average Bonchev–Trinajstić information content (AvgIpc) is 2.98. The van der Waals surface area contributed by atoms with Gasteiger partial charge in [0.05, 0.1) is 0 Å². The molecule has 1 amide bonds. The Balaban J connectivity index is 1.93. The Hall–Kier alpha value is -2.28. The van der Waals surface area contributed by atoms with Crippen molar-refractivity contribution in [1.82, 2.24) is 25.9 Å². The van der Waals surface area contributed by atoms with Gasteiger partial charge in [-0.25, -0.2) is 0 Å². The number of hydrogen-bond acceptors (Lipinski definition) is 5. The quantitative estimate of drug-likeness (QED) is 0.734. The molecule has 0 aliphatic carbocycles. The van der Waals surface area contributed by atoms with Gasteiger partial charge in [-0.15, -0.1) is 10.2 Å². The summed E-state index contributed by atoms with van der Waals surface area (Å²) in [5, 5.41) is 16.6. The van der Waals surface area contributed by atoms with Crippen LogP contribution < -0.4 is 11.1 Å². The van der Waals surface area contributed by atoms with Gasteiger partial charge in [0.2, 0.25) is 11.7 Å². The molecule has 1 aromatic heterocycles. The van der Waals surface area contributed by atoms with E-state index in [-0.39, 0.29) is 17.9 Å². The lowest BCUT2D eigenvalue weighted by atomic mass is 10.0. The number of benzene rings is 1. The standard InChI is InChI=1S/C13H18N6O/c1-8(9(2)14)13(20)15-7-10-3-5-11(6-4-10)12-16-18-19-17-12/h3-6,8-9H,7,14H2,1-2H3,(H,15,20)(H,16,17,18,19). The van der Waals surface area contributed by atoms with Crippen LogP contribution in [0.3, 0.4) is 0 Å². The fourth-order valence-corrected chi connectivity index (χ4v) is 1.64. The molecule has 106 valence electrons. The van der Waals surface area contributed by atoms with Crippen molar-refractivity contribution in [2.45, 2.75) is 26.4 Å². The second kappa shape index (κ2) is 6.25. The van der Waals surface area contributed by atoms with Crippen molar-refractivity contribution in [3.05, 3.63) is 29.8 Å². The fraction of sp³-hybridized carbons (Fsp3) is 0.385. The summed E-state index contributed by atoms with van der Waals surface area (Å²) in [5.41, 5.74) is 7.57. The molecule has 20 heavy (non-hydrogen) atoms. The molecule has 2 unspecified atom stereocenters. The number of nitrogens with two attached hydrogens (primary N) is 1. The van der Waals surface area contributed by atoms with Crippen LogP contribution in [0, 0.1) is 5.92 Å². The van der Waals surface area contributed by atoms with Gasteiger partial charge in [0.1, 0.15) is 0 Å². The van der Waals surface area contributed by atoms with Crippen LogP contribution in [0.4, 0.5) is 0 Å². The molecular formula is C13H18N6O. The minimum absolute atomic E-state index is 0.0396. The number of carbonyl (C=O) groups is 1. The molecule has 1 heterocycles. The highest BCUT2D eigenvalue weighted by atomic mass is 16.1. The van der Waals surface area contributed by atoms with Crippen molar-refractivity contribution in [2.24, 2.45) is 11.7 Å². The van der Waals surface area contributed by atoms with E-state index in [2.05, 4.69) is 25.9 Å². The van der Waals surface area contributed by atoms with Gasteiger partial charge >= 0.3 is 0 Å². The van der Waals surface area contributed by atoms with E-state index in [1.54, 1.807) is 0 Å². The first-order chi connectivity index (χ1) is 9.58. The van der Waals surface area contributed by atoms with Gasteiger partial charge in [0.15, 0.2) is 0 Å². The summed E-state index contributed by atoms with van der Waals surface area (Å²) >= 11 is 0. The third-order valence-corrected chi connectivity index (χ3v) is 3.23. The molecule has 1 aromatic carbocycles. The monoisotopic (exact) mass is 274 g/mol. The molecule has 2 rings (SSSR count). The second-order valence-electron chi connectivity index (χ2n) is 4.80. The number of tetrazole rings is 1. The molecular weight excluding hydrogens is 256 g/mol. The van der Waals surface area contributed by atoms with Gasteiger partial charge in [-0.2, -0.15) is 5.21 Å². The lowest BCUT2D eigenvalue weighted by Gasteiger charge is -2.15. The van der Waals surface area contributed by atoms with Crippen molar-refractivity contribution in [3.8, 4) is 11.4 Å². The summed E-state index contributed by atoms with van der Waals surface area (Å²) in [6, 6.07) is 7.46. The topological polar surface area (TPSA) is 110 Å². The number of hydrogen-bond donors (Lipinski definition) is 3. The van der Waals surface area contributed by atoms with Crippen LogP contribution in [0.15, 0.2) is 24.3 Å². The van der Waals surface area contributed by atoms with Crippen LogP contribution in [0.2, 0.25) is 0 Å². The number of H-pyrrole nitrogens is 1. The van der Waals surface area contributed by atoms with E-state index >= 15 is 0 Å². The number of rotatable bonds is 5. The predicted octanol–water partition coefficient (Wildman–Crippen LogP) is 0.466. The normalized spacial score (nSPS) is 13.8. The van der Waals surface area contributed by atoms with Crippen LogP contribution in [-0.2, 0) is 11.3 Å². The molecule has 0 bridgehead atoms. The number of nitrogens with one attached hydrogen (secondary N) is 2. The van der Waals surface area contributed by atoms with Crippen molar-refractivity contribution in [3.63, 3.8) is 0 Å². The zero-order valence-electron chi connectivity index (χ0n) is 11.5. The average molecular weight is 274 g/mol. The van der Waals surface area contributed by atoms with E-state index in [4.69, 9.17) is 5.73 Å². The van der Waals surface area contributed by atoms with Crippen molar-refractivity contribution >= 4 is 5.91 Å². The number of nitrogens with zero attached hydrogens (tertiary/aromatic N) is 3. The van der Waals surface area contributed by atoms with Gasteiger partial charge < -0.3 is 11.1 Å².